The molecule has 1 aromatic heterocycles. The molecule has 0 bridgehead atoms. The maximum absolute atomic E-state index is 13.2. The van der Waals surface area contributed by atoms with Gasteiger partial charge in [-0.05, 0) is 46.5 Å². The quantitative estimate of drug-likeness (QED) is 0.129. The van der Waals surface area contributed by atoms with E-state index in [-0.39, 0.29) is 18.8 Å². The summed E-state index contributed by atoms with van der Waals surface area (Å²) in [4.78, 5) is 49.8. The fourth-order valence-electron chi connectivity index (χ4n) is 4.11. The van der Waals surface area contributed by atoms with Gasteiger partial charge in [0, 0.05) is 30.8 Å². The van der Waals surface area contributed by atoms with Crippen LogP contribution in [-0.2, 0) is 25.5 Å². The second-order valence-corrected chi connectivity index (χ2v) is 10.1. The molecule has 12 nitrogen and oxygen atoms in total. The van der Waals surface area contributed by atoms with E-state index in [9.17, 15) is 14.4 Å². The van der Waals surface area contributed by atoms with Gasteiger partial charge in [-0.25, -0.2) is 14.6 Å². The van der Waals surface area contributed by atoms with E-state index >= 15 is 0 Å². The summed E-state index contributed by atoms with van der Waals surface area (Å²) in [6.45, 7) is 5.49. The van der Waals surface area contributed by atoms with Crippen LogP contribution >= 0.6 is 0 Å². The van der Waals surface area contributed by atoms with Crippen molar-refractivity contribution in [3.8, 4) is 0 Å². The second kappa shape index (κ2) is 13.7. The van der Waals surface area contributed by atoms with Crippen molar-refractivity contribution in [2.24, 2.45) is 16.5 Å². The largest absolute Gasteiger partial charge is 0.467 e. The number of alkyl carbamates (subject to hydrolysis) is 1. The Hall–Kier alpha value is -3.31. The van der Waals surface area contributed by atoms with Gasteiger partial charge in [-0.15, -0.1) is 0 Å². The van der Waals surface area contributed by atoms with Crippen molar-refractivity contribution < 1.29 is 23.9 Å². The summed E-state index contributed by atoms with van der Waals surface area (Å²) in [6, 6.07) is -1.94. The molecule has 0 aliphatic heterocycles. The van der Waals surface area contributed by atoms with Gasteiger partial charge >= 0.3 is 12.1 Å². The number of esters is 1. The number of amides is 2. The predicted octanol–water partition coefficient (Wildman–Crippen LogP) is 1.60. The average Bonchev–Trinajstić information content (AvgIpc) is 3.27. The molecule has 36 heavy (non-hydrogen) atoms. The number of rotatable bonds is 11. The summed E-state index contributed by atoms with van der Waals surface area (Å²) < 4.78 is 10.2. The van der Waals surface area contributed by atoms with Crippen molar-refractivity contribution in [1.82, 2.24) is 20.6 Å². The molecule has 12 heteroatoms. The number of methoxy groups -OCH3 is 1. The van der Waals surface area contributed by atoms with Crippen molar-refractivity contribution in [2.45, 2.75) is 95.7 Å². The number of carbonyl (C=O) groups is 3. The Morgan fingerprint density at radius 1 is 1.17 bits per heavy atom. The van der Waals surface area contributed by atoms with Gasteiger partial charge in [0.25, 0.3) is 0 Å². The van der Waals surface area contributed by atoms with Crippen LogP contribution in [0.5, 0.6) is 0 Å². The molecular weight excluding hydrogens is 466 g/mol. The maximum atomic E-state index is 13.2. The predicted molar refractivity (Wildman–Crippen MR) is 135 cm³/mol. The Morgan fingerprint density at radius 2 is 1.86 bits per heavy atom. The van der Waals surface area contributed by atoms with Gasteiger partial charge in [0.2, 0.25) is 5.91 Å². The minimum absolute atomic E-state index is 0.0533. The molecule has 1 heterocycles. The van der Waals surface area contributed by atoms with Crippen molar-refractivity contribution in [3.63, 3.8) is 0 Å². The normalized spacial score (nSPS) is 15.9. The molecule has 0 spiro atoms. The minimum atomic E-state index is -1.01. The van der Waals surface area contributed by atoms with Crippen LogP contribution in [0.25, 0.3) is 0 Å². The number of hydrogen-bond donors (Lipinski definition) is 5. The Labute approximate surface area is 212 Å². The zero-order chi connectivity index (χ0) is 26.7. The molecule has 1 saturated carbocycles. The van der Waals surface area contributed by atoms with E-state index in [0.717, 1.165) is 18.7 Å². The number of nitrogens with one attached hydrogen (secondary N) is 3. The Balaban J connectivity index is 2.13. The number of nitrogens with two attached hydrogens (primary N) is 2. The van der Waals surface area contributed by atoms with Gasteiger partial charge in [-0.2, -0.15) is 0 Å². The molecule has 0 saturated heterocycles. The second-order valence-electron chi connectivity index (χ2n) is 10.1. The third kappa shape index (κ3) is 10.1. The molecule has 7 N–H and O–H groups in total. The number of nitrogens with zero attached hydrogens (tertiary/aromatic N) is 2. The Bertz CT molecular complexity index is 899. The number of guanidine groups is 1. The number of aliphatic imine (C=N–C) groups is 1. The molecule has 1 aliphatic rings. The van der Waals surface area contributed by atoms with Crippen molar-refractivity contribution >= 4 is 23.9 Å². The first-order chi connectivity index (χ1) is 17.0. The lowest BCUT2D eigenvalue weighted by atomic mass is 9.89. The topological polar surface area (TPSA) is 187 Å². The Morgan fingerprint density at radius 3 is 2.47 bits per heavy atom. The molecule has 1 fully saturated rings. The number of H-pyrrole nitrogens is 1. The highest BCUT2D eigenvalue weighted by molar-refractivity contribution is 5.89. The lowest BCUT2D eigenvalue weighted by molar-refractivity contribution is -0.145. The highest BCUT2D eigenvalue weighted by Gasteiger charge is 2.30. The van der Waals surface area contributed by atoms with Gasteiger partial charge in [-0.3, -0.25) is 9.79 Å². The van der Waals surface area contributed by atoms with E-state index in [1.54, 1.807) is 27.0 Å². The fourth-order valence-corrected chi connectivity index (χ4v) is 4.11. The molecule has 1 aromatic rings. The molecule has 0 unspecified atom stereocenters. The number of hydrogen-bond acceptors (Lipinski definition) is 7. The first kappa shape index (κ1) is 28.9. The van der Waals surface area contributed by atoms with Crippen LogP contribution in [0.3, 0.4) is 0 Å². The number of aromatic amines is 1. The number of ether oxygens (including phenoxy) is 2. The summed E-state index contributed by atoms with van der Waals surface area (Å²) in [5.74, 6) is 0.0559. The number of imidazole rings is 1. The fraction of sp³-hybridized carbons (Fsp3) is 0.708. The van der Waals surface area contributed by atoms with E-state index < -0.39 is 35.7 Å². The van der Waals surface area contributed by atoms with Gasteiger partial charge in [0.05, 0.1) is 7.11 Å². The highest BCUT2D eigenvalue weighted by atomic mass is 16.6. The standard InChI is InChI=1S/C24H41N7O5/c1-24(2,3)36-23(34)31-18(13-16-14-28-19(29-16)15-9-6-5-7-10-15)20(32)30-17(21(33)35-4)11-8-12-27-22(25)26/h14-15,17-18H,5-13H2,1-4H3,(H,28,29)(H,30,32)(H,31,34)(H4,25,26,27)/t17-,18-/m0/s1. The van der Waals surface area contributed by atoms with E-state index in [1.165, 1.54) is 26.4 Å². The van der Waals surface area contributed by atoms with E-state index in [2.05, 4.69) is 25.6 Å². The molecule has 0 radical (unpaired) electrons. The first-order valence-electron chi connectivity index (χ1n) is 12.5. The molecular formula is C24H41N7O5. The SMILES string of the molecule is COC(=O)[C@H](CCCN=C(N)N)NC(=O)[C@H](Cc1cnc(C2CCCCC2)[nH]1)NC(=O)OC(C)(C)C. The van der Waals surface area contributed by atoms with Crippen LogP contribution in [-0.4, -0.2) is 65.2 Å². The third-order valence-electron chi connectivity index (χ3n) is 5.82. The molecule has 0 aromatic carbocycles. The van der Waals surface area contributed by atoms with E-state index in [1.807, 2.05) is 0 Å². The van der Waals surface area contributed by atoms with Gasteiger partial charge in [0.15, 0.2) is 5.96 Å². The molecule has 202 valence electrons. The highest BCUT2D eigenvalue weighted by Crippen LogP contribution is 2.30. The smallest absolute Gasteiger partial charge is 0.408 e. The summed E-state index contributed by atoms with van der Waals surface area (Å²) in [7, 11) is 1.24. The molecule has 2 amide bonds. The van der Waals surface area contributed by atoms with Gasteiger partial charge < -0.3 is 36.6 Å². The zero-order valence-electron chi connectivity index (χ0n) is 21.8. The van der Waals surface area contributed by atoms with E-state index in [0.29, 0.717) is 24.6 Å². The lowest BCUT2D eigenvalue weighted by Crippen LogP contribution is -2.53. The van der Waals surface area contributed by atoms with Crippen LogP contribution in [0.2, 0.25) is 0 Å². The zero-order valence-corrected chi connectivity index (χ0v) is 21.8. The lowest BCUT2D eigenvalue weighted by Gasteiger charge is -2.24. The number of aromatic nitrogens is 2. The summed E-state index contributed by atoms with van der Waals surface area (Å²) in [5, 5.41) is 5.31. The molecule has 2 atom stereocenters. The summed E-state index contributed by atoms with van der Waals surface area (Å²) >= 11 is 0. The Kier molecular flexibility index (Phi) is 11.0. The minimum Gasteiger partial charge on any atom is -0.467 e. The van der Waals surface area contributed by atoms with Crippen LogP contribution in [0.4, 0.5) is 4.79 Å². The van der Waals surface area contributed by atoms with Crippen molar-refractivity contribution in [3.05, 3.63) is 17.7 Å². The van der Waals surface area contributed by atoms with Gasteiger partial charge in [0.1, 0.15) is 23.5 Å². The van der Waals surface area contributed by atoms with Crippen LogP contribution in [0.15, 0.2) is 11.2 Å². The molecule has 1 aliphatic carbocycles. The van der Waals surface area contributed by atoms with E-state index in [4.69, 9.17) is 20.9 Å². The number of carbonyl (C=O) groups excluding carboxylic acids is 3. The van der Waals surface area contributed by atoms with Crippen LogP contribution in [0, 0.1) is 0 Å². The first-order valence-corrected chi connectivity index (χ1v) is 12.5. The van der Waals surface area contributed by atoms with Gasteiger partial charge in [-0.1, -0.05) is 19.3 Å². The molecule has 2 rings (SSSR count). The summed E-state index contributed by atoms with van der Waals surface area (Å²) in [5.41, 5.74) is 10.6. The maximum Gasteiger partial charge on any atom is 0.408 e. The average molecular weight is 508 g/mol. The third-order valence-corrected chi connectivity index (χ3v) is 5.82. The van der Waals surface area contributed by atoms with Crippen LogP contribution < -0.4 is 22.1 Å². The summed E-state index contributed by atoms with van der Waals surface area (Å²) in [6.07, 6.45) is 7.52. The monoisotopic (exact) mass is 507 g/mol. The van der Waals surface area contributed by atoms with Crippen molar-refractivity contribution in [1.29, 1.82) is 0 Å². The van der Waals surface area contributed by atoms with Crippen LogP contribution in [0.1, 0.15) is 83.2 Å². The van der Waals surface area contributed by atoms with Crippen molar-refractivity contribution in [2.75, 3.05) is 13.7 Å².